The Bertz CT molecular complexity index is 645. The second-order valence-corrected chi connectivity index (χ2v) is 7.24. The first kappa shape index (κ1) is 22.8. The van der Waals surface area contributed by atoms with Gasteiger partial charge in [-0.05, 0) is 37.4 Å². The van der Waals surface area contributed by atoms with Crippen molar-refractivity contribution in [2.45, 2.75) is 18.0 Å². The van der Waals surface area contributed by atoms with Gasteiger partial charge in [-0.25, -0.2) is 0 Å². The SMILES string of the molecule is CN=C(NCCSc1ccccc1)NCc1ccc(CN(C)C)cc1.I. The summed E-state index contributed by atoms with van der Waals surface area (Å²) in [6.07, 6.45) is 0. The molecule has 0 radical (unpaired) electrons. The first-order valence-electron chi connectivity index (χ1n) is 8.52. The zero-order valence-corrected chi connectivity index (χ0v) is 18.9. The summed E-state index contributed by atoms with van der Waals surface area (Å²) >= 11 is 1.84. The summed E-state index contributed by atoms with van der Waals surface area (Å²) in [5.41, 5.74) is 2.58. The smallest absolute Gasteiger partial charge is 0.191 e. The molecule has 0 saturated carbocycles. The fourth-order valence-corrected chi connectivity index (χ4v) is 3.18. The minimum absolute atomic E-state index is 0. The molecule has 0 unspecified atom stereocenters. The van der Waals surface area contributed by atoms with Crippen LogP contribution in [0.3, 0.4) is 0 Å². The van der Waals surface area contributed by atoms with Crippen molar-refractivity contribution in [3.8, 4) is 0 Å². The highest BCUT2D eigenvalue weighted by Crippen LogP contribution is 2.15. The predicted molar refractivity (Wildman–Crippen MR) is 125 cm³/mol. The highest BCUT2D eigenvalue weighted by atomic mass is 127. The molecule has 0 spiro atoms. The molecule has 0 aliphatic rings. The number of nitrogens with zero attached hydrogens (tertiary/aromatic N) is 2. The van der Waals surface area contributed by atoms with E-state index in [1.165, 1.54) is 16.0 Å². The van der Waals surface area contributed by atoms with Crippen LogP contribution in [-0.2, 0) is 13.1 Å². The summed E-state index contributed by atoms with van der Waals surface area (Å²) < 4.78 is 0. The van der Waals surface area contributed by atoms with Gasteiger partial charge in [0.25, 0.3) is 0 Å². The van der Waals surface area contributed by atoms with Crippen molar-refractivity contribution in [3.63, 3.8) is 0 Å². The van der Waals surface area contributed by atoms with Gasteiger partial charge in [0.2, 0.25) is 0 Å². The molecule has 142 valence electrons. The van der Waals surface area contributed by atoms with Gasteiger partial charge in [0.1, 0.15) is 0 Å². The average molecular weight is 484 g/mol. The minimum Gasteiger partial charge on any atom is -0.356 e. The van der Waals surface area contributed by atoms with Crippen LogP contribution in [0.2, 0.25) is 0 Å². The molecule has 2 aromatic carbocycles. The number of hydrogen-bond acceptors (Lipinski definition) is 3. The molecule has 0 heterocycles. The van der Waals surface area contributed by atoms with E-state index in [2.05, 4.69) is 83.2 Å². The molecule has 0 amide bonds. The Morgan fingerprint density at radius 2 is 1.62 bits per heavy atom. The van der Waals surface area contributed by atoms with Crippen LogP contribution in [0.1, 0.15) is 11.1 Å². The average Bonchev–Trinajstić information content (AvgIpc) is 2.63. The van der Waals surface area contributed by atoms with Crippen LogP contribution in [0.15, 0.2) is 64.5 Å². The van der Waals surface area contributed by atoms with Crippen LogP contribution >= 0.6 is 35.7 Å². The third-order valence-electron chi connectivity index (χ3n) is 3.61. The van der Waals surface area contributed by atoms with Gasteiger partial charge in [0, 0.05) is 37.3 Å². The van der Waals surface area contributed by atoms with E-state index in [9.17, 15) is 0 Å². The minimum atomic E-state index is 0. The zero-order valence-electron chi connectivity index (χ0n) is 15.7. The molecule has 4 nitrogen and oxygen atoms in total. The van der Waals surface area contributed by atoms with Crippen LogP contribution in [0.25, 0.3) is 0 Å². The molecule has 0 aromatic heterocycles. The van der Waals surface area contributed by atoms with Crippen LogP contribution in [0, 0.1) is 0 Å². The number of hydrogen-bond donors (Lipinski definition) is 2. The van der Waals surface area contributed by atoms with E-state index in [4.69, 9.17) is 0 Å². The second kappa shape index (κ2) is 13.0. The molecule has 26 heavy (non-hydrogen) atoms. The van der Waals surface area contributed by atoms with Crippen LogP contribution in [0.4, 0.5) is 0 Å². The van der Waals surface area contributed by atoms with Crippen molar-refractivity contribution in [1.29, 1.82) is 0 Å². The molecule has 0 saturated heterocycles. The predicted octanol–water partition coefficient (Wildman–Crippen LogP) is 3.82. The Labute approximate surface area is 178 Å². The number of thioether (sulfide) groups is 1. The summed E-state index contributed by atoms with van der Waals surface area (Å²) in [7, 11) is 5.97. The van der Waals surface area contributed by atoms with Crippen molar-refractivity contribution < 1.29 is 0 Å². The maximum atomic E-state index is 4.28. The number of halogens is 1. The van der Waals surface area contributed by atoms with Gasteiger partial charge in [0.15, 0.2) is 5.96 Å². The number of nitrogens with one attached hydrogen (secondary N) is 2. The van der Waals surface area contributed by atoms with Crippen LogP contribution in [0.5, 0.6) is 0 Å². The third kappa shape index (κ3) is 8.91. The molecule has 0 fully saturated rings. The highest BCUT2D eigenvalue weighted by molar-refractivity contribution is 14.0. The lowest BCUT2D eigenvalue weighted by molar-refractivity contribution is 0.402. The molecule has 0 bridgehead atoms. The number of rotatable bonds is 8. The molecular weight excluding hydrogens is 455 g/mol. The van der Waals surface area contributed by atoms with Gasteiger partial charge in [-0.3, -0.25) is 4.99 Å². The molecule has 2 aromatic rings. The van der Waals surface area contributed by atoms with Gasteiger partial charge >= 0.3 is 0 Å². The van der Waals surface area contributed by atoms with E-state index in [1.807, 2.05) is 17.8 Å². The first-order valence-corrected chi connectivity index (χ1v) is 9.51. The van der Waals surface area contributed by atoms with Gasteiger partial charge in [-0.1, -0.05) is 42.5 Å². The topological polar surface area (TPSA) is 39.7 Å². The Balaban J connectivity index is 0.00000338. The van der Waals surface area contributed by atoms with E-state index in [1.54, 1.807) is 7.05 Å². The number of benzene rings is 2. The van der Waals surface area contributed by atoms with E-state index in [0.29, 0.717) is 0 Å². The van der Waals surface area contributed by atoms with Crippen molar-refractivity contribution in [2.75, 3.05) is 33.4 Å². The number of aliphatic imine (C=N–C) groups is 1. The summed E-state index contributed by atoms with van der Waals surface area (Å²) in [4.78, 5) is 7.75. The Hall–Kier alpha value is -1.25. The first-order chi connectivity index (χ1) is 12.2. The van der Waals surface area contributed by atoms with Crippen LogP contribution < -0.4 is 10.6 Å². The molecule has 0 aliphatic heterocycles. The van der Waals surface area contributed by atoms with Gasteiger partial charge in [0.05, 0.1) is 0 Å². The zero-order chi connectivity index (χ0) is 17.9. The van der Waals surface area contributed by atoms with E-state index >= 15 is 0 Å². The molecular formula is C20H29IN4S. The normalized spacial score (nSPS) is 11.2. The third-order valence-corrected chi connectivity index (χ3v) is 4.63. The number of guanidine groups is 1. The molecule has 0 atom stereocenters. The van der Waals surface area contributed by atoms with E-state index < -0.39 is 0 Å². The van der Waals surface area contributed by atoms with Gasteiger partial charge < -0.3 is 15.5 Å². The summed E-state index contributed by atoms with van der Waals surface area (Å²) in [5.74, 6) is 1.84. The Kier molecular flexibility index (Phi) is 11.4. The van der Waals surface area contributed by atoms with Crippen molar-refractivity contribution in [3.05, 3.63) is 65.7 Å². The van der Waals surface area contributed by atoms with E-state index in [-0.39, 0.29) is 24.0 Å². The van der Waals surface area contributed by atoms with Crippen molar-refractivity contribution in [2.24, 2.45) is 4.99 Å². The van der Waals surface area contributed by atoms with Crippen molar-refractivity contribution >= 4 is 41.7 Å². The largest absolute Gasteiger partial charge is 0.356 e. The summed E-state index contributed by atoms with van der Waals surface area (Å²) in [5, 5.41) is 6.72. The Morgan fingerprint density at radius 3 is 2.23 bits per heavy atom. The van der Waals surface area contributed by atoms with E-state index in [0.717, 1.165) is 31.3 Å². The molecule has 0 aliphatic carbocycles. The lowest BCUT2D eigenvalue weighted by atomic mass is 10.1. The summed E-state index contributed by atoms with van der Waals surface area (Å²) in [6.45, 7) is 2.62. The summed E-state index contributed by atoms with van der Waals surface area (Å²) in [6, 6.07) is 19.2. The maximum absolute atomic E-state index is 4.28. The fraction of sp³-hybridized carbons (Fsp3) is 0.350. The standard InChI is InChI=1S/C20H28N4S.HI/c1-21-20(22-13-14-25-19-7-5-4-6-8-19)23-15-17-9-11-18(12-10-17)16-24(2)3;/h4-12H,13-16H2,1-3H3,(H2,21,22,23);1H. The highest BCUT2D eigenvalue weighted by Gasteiger charge is 2.00. The fourth-order valence-electron chi connectivity index (χ4n) is 2.39. The molecule has 2 N–H and O–H groups in total. The Morgan fingerprint density at radius 1 is 0.962 bits per heavy atom. The second-order valence-electron chi connectivity index (χ2n) is 6.07. The molecule has 6 heteroatoms. The monoisotopic (exact) mass is 484 g/mol. The maximum Gasteiger partial charge on any atom is 0.191 e. The lowest BCUT2D eigenvalue weighted by Crippen LogP contribution is -2.37. The van der Waals surface area contributed by atoms with Crippen LogP contribution in [-0.4, -0.2) is 44.3 Å². The molecule has 2 rings (SSSR count). The van der Waals surface area contributed by atoms with Gasteiger partial charge in [-0.2, -0.15) is 0 Å². The van der Waals surface area contributed by atoms with Crippen molar-refractivity contribution in [1.82, 2.24) is 15.5 Å². The van der Waals surface area contributed by atoms with Gasteiger partial charge in [-0.15, -0.1) is 35.7 Å². The lowest BCUT2D eigenvalue weighted by Gasteiger charge is -2.13. The quantitative estimate of drug-likeness (QED) is 0.197.